The van der Waals surface area contributed by atoms with Crippen LogP contribution in [0.25, 0.3) is 0 Å². The van der Waals surface area contributed by atoms with Crippen LogP contribution < -0.4 is 15.2 Å². The van der Waals surface area contributed by atoms with Crippen LogP contribution in [-0.2, 0) is 0 Å². The lowest BCUT2D eigenvalue weighted by molar-refractivity contribution is 0.314. The molecule has 0 radical (unpaired) electrons. The Morgan fingerprint density at radius 1 is 1.11 bits per heavy atom. The van der Waals surface area contributed by atoms with Gasteiger partial charge in [0.25, 0.3) is 0 Å². The Labute approximate surface area is 120 Å². The molecule has 108 valence electrons. The Morgan fingerprint density at radius 2 is 1.68 bits per heavy atom. The van der Waals surface area contributed by atoms with Gasteiger partial charge in [-0.15, -0.1) is 0 Å². The molecular formula is C15H25NO2S. The molecule has 0 amide bonds. The zero-order valence-electron chi connectivity index (χ0n) is 11.9. The second-order valence-electron chi connectivity index (χ2n) is 4.43. The monoisotopic (exact) mass is 283 g/mol. The van der Waals surface area contributed by atoms with E-state index in [1.165, 1.54) is 0 Å². The average Bonchev–Trinajstić information content (AvgIpc) is 2.43. The van der Waals surface area contributed by atoms with Gasteiger partial charge in [-0.3, -0.25) is 0 Å². The summed E-state index contributed by atoms with van der Waals surface area (Å²) in [6.07, 6.45) is 2.09. The number of hydrogen-bond acceptors (Lipinski definition) is 4. The molecule has 0 aliphatic heterocycles. The first-order valence-corrected chi connectivity index (χ1v) is 7.98. The lowest BCUT2D eigenvalue weighted by Crippen LogP contribution is -2.09. The van der Waals surface area contributed by atoms with Crippen LogP contribution >= 0.6 is 11.8 Å². The van der Waals surface area contributed by atoms with Gasteiger partial charge < -0.3 is 15.2 Å². The van der Waals surface area contributed by atoms with Gasteiger partial charge in [0, 0.05) is 11.0 Å². The van der Waals surface area contributed by atoms with Gasteiger partial charge in [0.2, 0.25) is 0 Å². The first kappa shape index (κ1) is 16.2. The van der Waals surface area contributed by atoms with Crippen molar-refractivity contribution in [3.05, 3.63) is 24.3 Å². The van der Waals surface area contributed by atoms with Crippen LogP contribution in [0.3, 0.4) is 0 Å². The van der Waals surface area contributed by atoms with Crippen molar-refractivity contribution in [2.45, 2.75) is 31.9 Å². The third-order valence-corrected chi connectivity index (χ3v) is 3.83. The quantitative estimate of drug-likeness (QED) is 0.669. The van der Waals surface area contributed by atoms with Gasteiger partial charge in [-0.25, -0.2) is 0 Å². The predicted molar refractivity (Wildman–Crippen MR) is 83.3 cm³/mol. The highest BCUT2D eigenvalue weighted by Gasteiger charge is 2.01. The molecule has 0 saturated heterocycles. The third kappa shape index (κ3) is 7.33. The normalized spacial score (nSPS) is 12.2. The van der Waals surface area contributed by atoms with E-state index in [0.29, 0.717) is 5.25 Å². The number of hydrogen-bond donors (Lipinski definition) is 1. The summed E-state index contributed by atoms with van der Waals surface area (Å²) < 4.78 is 11.2. The topological polar surface area (TPSA) is 44.5 Å². The van der Waals surface area contributed by atoms with Crippen LogP contribution in [0.1, 0.15) is 26.7 Å². The number of benzene rings is 1. The van der Waals surface area contributed by atoms with Crippen molar-refractivity contribution in [1.29, 1.82) is 0 Å². The fraction of sp³-hybridized carbons (Fsp3) is 0.600. The first-order valence-electron chi connectivity index (χ1n) is 6.93. The number of thioether (sulfide) groups is 1. The smallest absolute Gasteiger partial charge is 0.119 e. The fourth-order valence-corrected chi connectivity index (χ4v) is 2.46. The molecule has 0 heterocycles. The van der Waals surface area contributed by atoms with Crippen LogP contribution in [0, 0.1) is 0 Å². The van der Waals surface area contributed by atoms with Gasteiger partial charge >= 0.3 is 0 Å². The molecule has 19 heavy (non-hydrogen) atoms. The predicted octanol–water partition coefficient (Wildman–Crippen LogP) is 3.32. The van der Waals surface area contributed by atoms with Gasteiger partial charge in [0.1, 0.15) is 11.5 Å². The molecule has 0 fully saturated rings. The summed E-state index contributed by atoms with van der Waals surface area (Å²) in [5, 5.41) is 0.610. The minimum absolute atomic E-state index is 0.610. The molecule has 4 heteroatoms. The SMILES string of the molecule is CCCOc1ccc(OCCSC(C)CCN)cc1. The van der Waals surface area contributed by atoms with Crippen molar-refractivity contribution < 1.29 is 9.47 Å². The van der Waals surface area contributed by atoms with Crippen molar-refractivity contribution in [2.24, 2.45) is 5.73 Å². The molecule has 0 aromatic heterocycles. The molecule has 1 aromatic rings. The Morgan fingerprint density at radius 3 is 2.21 bits per heavy atom. The molecule has 1 rings (SSSR count). The molecule has 0 spiro atoms. The molecule has 1 atom stereocenters. The second kappa shape index (κ2) is 9.98. The van der Waals surface area contributed by atoms with E-state index in [-0.39, 0.29) is 0 Å². The molecule has 0 saturated carbocycles. The zero-order chi connectivity index (χ0) is 13.9. The van der Waals surface area contributed by atoms with Crippen molar-refractivity contribution >= 4 is 11.8 Å². The maximum Gasteiger partial charge on any atom is 0.119 e. The Hall–Kier alpha value is -0.870. The minimum Gasteiger partial charge on any atom is -0.494 e. The van der Waals surface area contributed by atoms with E-state index in [1.54, 1.807) is 0 Å². The molecule has 0 aliphatic rings. The van der Waals surface area contributed by atoms with E-state index >= 15 is 0 Å². The number of ether oxygens (including phenoxy) is 2. The number of nitrogens with two attached hydrogens (primary N) is 1. The summed E-state index contributed by atoms with van der Waals surface area (Å²) in [7, 11) is 0. The first-order chi connectivity index (χ1) is 9.26. The summed E-state index contributed by atoms with van der Waals surface area (Å²) in [5.41, 5.74) is 5.52. The van der Waals surface area contributed by atoms with Crippen LogP contribution in [0.15, 0.2) is 24.3 Å². The maximum absolute atomic E-state index is 5.69. The highest BCUT2D eigenvalue weighted by atomic mass is 32.2. The molecule has 1 aromatic carbocycles. The summed E-state index contributed by atoms with van der Waals surface area (Å²) >= 11 is 1.90. The summed E-state index contributed by atoms with van der Waals surface area (Å²) in [6.45, 7) is 6.55. The maximum atomic E-state index is 5.69. The molecule has 0 aliphatic carbocycles. The van der Waals surface area contributed by atoms with Crippen molar-refractivity contribution in [3.63, 3.8) is 0 Å². The summed E-state index contributed by atoms with van der Waals surface area (Å²) in [6, 6.07) is 7.82. The molecule has 1 unspecified atom stereocenters. The van der Waals surface area contributed by atoms with E-state index in [1.807, 2.05) is 36.0 Å². The minimum atomic E-state index is 0.610. The van der Waals surface area contributed by atoms with E-state index in [0.717, 1.165) is 49.9 Å². The Bertz CT molecular complexity index is 329. The van der Waals surface area contributed by atoms with E-state index < -0.39 is 0 Å². The largest absolute Gasteiger partial charge is 0.494 e. The van der Waals surface area contributed by atoms with Crippen LogP contribution in [0.5, 0.6) is 11.5 Å². The highest BCUT2D eigenvalue weighted by Crippen LogP contribution is 2.18. The second-order valence-corrected chi connectivity index (χ2v) is 5.97. The molecule has 3 nitrogen and oxygen atoms in total. The van der Waals surface area contributed by atoms with Gasteiger partial charge in [-0.05, 0) is 43.7 Å². The van der Waals surface area contributed by atoms with Crippen LogP contribution in [0.2, 0.25) is 0 Å². The Kier molecular flexibility index (Phi) is 8.50. The van der Waals surface area contributed by atoms with E-state index in [2.05, 4.69) is 13.8 Å². The standard InChI is InChI=1S/C15H25NO2S/c1-3-10-17-14-4-6-15(7-5-14)18-11-12-19-13(2)8-9-16/h4-7,13H,3,8-12,16H2,1-2H3. The summed E-state index contributed by atoms with van der Waals surface area (Å²) in [4.78, 5) is 0. The third-order valence-electron chi connectivity index (χ3n) is 2.62. The molecular weight excluding hydrogens is 258 g/mol. The van der Waals surface area contributed by atoms with Gasteiger partial charge in [-0.2, -0.15) is 11.8 Å². The number of rotatable bonds is 10. The lowest BCUT2D eigenvalue weighted by Gasteiger charge is -2.11. The van der Waals surface area contributed by atoms with Gasteiger partial charge in [0.05, 0.1) is 13.2 Å². The van der Waals surface area contributed by atoms with Crippen molar-refractivity contribution in [3.8, 4) is 11.5 Å². The van der Waals surface area contributed by atoms with E-state index in [4.69, 9.17) is 15.2 Å². The van der Waals surface area contributed by atoms with Gasteiger partial charge in [0.15, 0.2) is 0 Å². The van der Waals surface area contributed by atoms with Crippen LogP contribution in [-0.4, -0.2) is 30.8 Å². The highest BCUT2D eigenvalue weighted by molar-refractivity contribution is 7.99. The van der Waals surface area contributed by atoms with Crippen LogP contribution in [0.4, 0.5) is 0 Å². The van der Waals surface area contributed by atoms with Gasteiger partial charge in [-0.1, -0.05) is 13.8 Å². The summed E-state index contributed by atoms with van der Waals surface area (Å²) in [5.74, 6) is 2.80. The average molecular weight is 283 g/mol. The molecule has 2 N–H and O–H groups in total. The fourth-order valence-electron chi connectivity index (χ4n) is 1.58. The zero-order valence-corrected chi connectivity index (χ0v) is 12.7. The van der Waals surface area contributed by atoms with Crippen molar-refractivity contribution in [1.82, 2.24) is 0 Å². The van der Waals surface area contributed by atoms with E-state index in [9.17, 15) is 0 Å². The Balaban J connectivity index is 2.19. The van der Waals surface area contributed by atoms with Crippen molar-refractivity contribution in [2.75, 3.05) is 25.5 Å². The lowest BCUT2D eigenvalue weighted by atomic mass is 10.3. The molecule has 0 bridgehead atoms.